The third-order valence-electron chi connectivity index (χ3n) is 5.01. The third kappa shape index (κ3) is 4.11. The van der Waals surface area contributed by atoms with Crippen molar-refractivity contribution in [3.8, 4) is 34.3 Å². The SMILES string of the molecule is COc1ccccc1-c1nc(C(F)(F)F)c2[nH]c(-c3ccc(C(F)(F)CF)cc3OC)nc2n1. The number of methoxy groups -OCH3 is 2. The number of H-pyrrole nitrogens is 1. The van der Waals surface area contributed by atoms with E-state index in [0.29, 0.717) is 0 Å². The minimum absolute atomic E-state index is 0.0749. The minimum Gasteiger partial charge on any atom is -0.496 e. The number of hydrogen-bond acceptors (Lipinski definition) is 5. The molecule has 1 N–H and O–H groups in total. The summed E-state index contributed by atoms with van der Waals surface area (Å²) in [5, 5.41) is 0. The van der Waals surface area contributed by atoms with E-state index in [4.69, 9.17) is 9.47 Å². The van der Waals surface area contributed by atoms with Crippen molar-refractivity contribution >= 4 is 11.2 Å². The van der Waals surface area contributed by atoms with Crippen LogP contribution in [-0.2, 0) is 12.1 Å². The molecule has 0 saturated carbocycles. The van der Waals surface area contributed by atoms with Crippen LogP contribution in [0.2, 0.25) is 0 Å². The zero-order chi connectivity index (χ0) is 24.7. The Balaban J connectivity index is 1.92. The first-order valence-corrected chi connectivity index (χ1v) is 9.70. The highest BCUT2D eigenvalue weighted by Crippen LogP contribution is 2.39. The fraction of sp³-hybridized carbons (Fsp3) is 0.227. The van der Waals surface area contributed by atoms with Gasteiger partial charge < -0.3 is 14.5 Å². The molecule has 0 unspecified atom stereocenters. The first kappa shape index (κ1) is 23.3. The lowest BCUT2D eigenvalue weighted by Crippen LogP contribution is -2.15. The van der Waals surface area contributed by atoms with Crippen molar-refractivity contribution in [1.29, 1.82) is 0 Å². The zero-order valence-corrected chi connectivity index (χ0v) is 17.7. The number of aromatic amines is 1. The molecule has 0 radical (unpaired) electrons. The summed E-state index contributed by atoms with van der Waals surface area (Å²) in [6.45, 7) is -1.92. The molecule has 0 aliphatic rings. The van der Waals surface area contributed by atoms with E-state index in [2.05, 4.69) is 19.9 Å². The van der Waals surface area contributed by atoms with E-state index in [1.165, 1.54) is 20.3 Å². The Bertz CT molecular complexity index is 1350. The molecule has 34 heavy (non-hydrogen) atoms. The van der Waals surface area contributed by atoms with Crippen LogP contribution in [0.25, 0.3) is 33.9 Å². The fourth-order valence-electron chi connectivity index (χ4n) is 3.37. The van der Waals surface area contributed by atoms with Crippen molar-refractivity contribution in [2.45, 2.75) is 12.1 Å². The second-order valence-corrected chi connectivity index (χ2v) is 7.13. The number of rotatable bonds is 6. The first-order valence-electron chi connectivity index (χ1n) is 9.70. The highest BCUT2D eigenvalue weighted by atomic mass is 19.4. The number of ether oxygens (including phenoxy) is 2. The Morgan fingerprint density at radius 1 is 0.853 bits per heavy atom. The number of benzene rings is 2. The van der Waals surface area contributed by atoms with Crippen molar-refractivity contribution in [2.75, 3.05) is 20.9 Å². The maximum Gasteiger partial charge on any atom is 0.435 e. The number of halogens is 6. The Kier molecular flexibility index (Phi) is 5.84. The maximum absolute atomic E-state index is 13.9. The van der Waals surface area contributed by atoms with Gasteiger partial charge in [0.25, 0.3) is 0 Å². The molecule has 0 bridgehead atoms. The largest absolute Gasteiger partial charge is 0.496 e. The van der Waals surface area contributed by atoms with Crippen LogP contribution in [0.4, 0.5) is 26.3 Å². The average Bonchev–Trinajstić information content (AvgIpc) is 3.26. The monoisotopic (exact) mass is 482 g/mol. The summed E-state index contributed by atoms with van der Waals surface area (Å²) in [4.78, 5) is 14.5. The summed E-state index contributed by atoms with van der Waals surface area (Å²) < 4.78 is 92.1. The van der Waals surface area contributed by atoms with Crippen molar-refractivity contribution in [1.82, 2.24) is 19.9 Å². The van der Waals surface area contributed by atoms with Crippen LogP contribution >= 0.6 is 0 Å². The number of aromatic nitrogens is 4. The smallest absolute Gasteiger partial charge is 0.435 e. The van der Waals surface area contributed by atoms with E-state index in [1.54, 1.807) is 18.2 Å². The van der Waals surface area contributed by atoms with Gasteiger partial charge in [-0.3, -0.25) is 0 Å². The van der Waals surface area contributed by atoms with E-state index in [1.807, 2.05) is 0 Å². The third-order valence-corrected chi connectivity index (χ3v) is 5.01. The van der Waals surface area contributed by atoms with Crippen LogP contribution in [0, 0.1) is 0 Å². The van der Waals surface area contributed by atoms with Gasteiger partial charge in [0.15, 0.2) is 23.8 Å². The molecule has 2 heterocycles. The summed E-state index contributed by atoms with van der Waals surface area (Å²) in [6, 6.07) is 9.28. The normalized spacial score (nSPS) is 12.2. The first-order chi connectivity index (χ1) is 16.1. The molecule has 0 saturated heterocycles. The molecule has 0 spiro atoms. The van der Waals surface area contributed by atoms with Gasteiger partial charge >= 0.3 is 12.1 Å². The zero-order valence-electron chi connectivity index (χ0n) is 17.7. The minimum atomic E-state index is -4.86. The number of fused-ring (bicyclic) bond motifs is 1. The Hall–Kier alpha value is -3.83. The fourth-order valence-corrected chi connectivity index (χ4v) is 3.37. The quantitative estimate of drug-likeness (QED) is 0.353. The summed E-state index contributed by atoms with van der Waals surface area (Å²) in [7, 11) is 2.54. The van der Waals surface area contributed by atoms with Crippen LogP contribution in [0.5, 0.6) is 11.5 Å². The van der Waals surface area contributed by atoms with Gasteiger partial charge in [0.1, 0.15) is 22.8 Å². The Morgan fingerprint density at radius 2 is 1.56 bits per heavy atom. The van der Waals surface area contributed by atoms with Crippen LogP contribution in [-0.4, -0.2) is 40.8 Å². The van der Waals surface area contributed by atoms with E-state index < -0.39 is 35.5 Å². The molecule has 4 aromatic rings. The molecule has 0 aliphatic heterocycles. The molecule has 0 atom stereocenters. The van der Waals surface area contributed by atoms with Gasteiger partial charge in [-0.15, -0.1) is 0 Å². The van der Waals surface area contributed by atoms with Gasteiger partial charge in [0, 0.05) is 5.56 Å². The average molecular weight is 482 g/mol. The lowest BCUT2D eigenvalue weighted by atomic mass is 10.1. The van der Waals surface area contributed by atoms with E-state index in [-0.39, 0.29) is 39.9 Å². The van der Waals surface area contributed by atoms with Crippen LogP contribution < -0.4 is 9.47 Å². The van der Waals surface area contributed by atoms with E-state index >= 15 is 0 Å². The number of imidazole rings is 1. The second-order valence-electron chi connectivity index (χ2n) is 7.13. The highest BCUT2D eigenvalue weighted by Gasteiger charge is 2.38. The predicted octanol–water partition coefficient (Wildman–Crippen LogP) is 5.78. The molecule has 2 aromatic carbocycles. The van der Waals surface area contributed by atoms with Gasteiger partial charge in [0.05, 0.1) is 25.3 Å². The van der Waals surface area contributed by atoms with E-state index in [9.17, 15) is 26.3 Å². The Morgan fingerprint density at radius 3 is 2.21 bits per heavy atom. The molecular formula is C22H16F6N4O2. The number of alkyl halides is 6. The van der Waals surface area contributed by atoms with Gasteiger partial charge in [0.2, 0.25) is 0 Å². The number of para-hydroxylation sites is 1. The predicted molar refractivity (Wildman–Crippen MR) is 111 cm³/mol. The highest BCUT2D eigenvalue weighted by molar-refractivity contribution is 5.82. The number of nitrogens with one attached hydrogen (secondary N) is 1. The molecule has 0 amide bonds. The number of nitrogens with zero attached hydrogens (tertiary/aromatic N) is 3. The lowest BCUT2D eigenvalue weighted by molar-refractivity contribution is -0.139. The van der Waals surface area contributed by atoms with Gasteiger partial charge in [-0.1, -0.05) is 18.2 Å². The van der Waals surface area contributed by atoms with Crippen molar-refractivity contribution < 1.29 is 35.8 Å². The topological polar surface area (TPSA) is 72.9 Å². The van der Waals surface area contributed by atoms with Gasteiger partial charge in [-0.2, -0.15) is 22.0 Å². The van der Waals surface area contributed by atoms with E-state index in [0.717, 1.165) is 18.2 Å². The second kappa shape index (κ2) is 8.50. The molecule has 178 valence electrons. The molecule has 12 heteroatoms. The molecule has 2 aromatic heterocycles. The van der Waals surface area contributed by atoms with Crippen LogP contribution in [0.1, 0.15) is 11.3 Å². The summed E-state index contributed by atoms with van der Waals surface area (Å²) in [5.74, 6) is -4.02. The van der Waals surface area contributed by atoms with Crippen molar-refractivity contribution in [3.63, 3.8) is 0 Å². The Labute approximate surface area is 188 Å². The summed E-state index contributed by atoms with van der Waals surface area (Å²) >= 11 is 0. The maximum atomic E-state index is 13.9. The van der Waals surface area contributed by atoms with Gasteiger partial charge in [-0.25, -0.2) is 19.3 Å². The molecule has 4 rings (SSSR count). The van der Waals surface area contributed by atoms with Crippen LogP contribution in [0.3, 0.4) is 0 Å². The number of hydrogen-bond donors (Lipinski definition) is 1. The molecular weight excluding hydrogens is 466 g/mol. The summed E-state index contributed by atoms with van der Waals surface area (Å²) in [6.07, 6.45) is -4.86. The van der Waals surface area contributed by atoms with Crippen molar-refractivity contribution in [3.05, 3.63) is 53.7 Å². The van der Waals surface area contributed by atoms with Gasteiger partial charge in [-0.05, 0) is 24.3 Å². The van der Waals surface area contributed by atoms with Crippen LogP contribution in [0.15, 0.2) is 42.5 Å². The summed E-state index contributed by atoms with van der Waals surface area (Å²) in [5.41, 5.74) is -2.43. The molecule has 0 fully saturated rings. The lowest BCUT2D eigenvalue weighted by Gasteiger charge is -2.15. The standard InChI is InChI=1S/C22H16F6N4O2/c1-33-14-6-4-3-5-12(14)19-30-17(22(26,27)28)16-20(32-19)31-18(29-16)13-8-7-11(9-15(13)34-2)21(24,25)10-23/h3-9H,10H2,1-2H3,(H,29,30,31,32). The molecule has 6 nitrogen and oxygen atoms in total. The molecule has 0 aliphatic carbocycles. The van der Waals surface area contributed by atoms with Crippen molar-refractivity contribution in [2.24, 2.45) is 0 Å².